The van der Waals surface area contributed by atoms with E-state index in [2.05, 4.69) is 10.3 Å². The predicted molar refractivity (Wildman–Crippen MR) is 240 cm³/mol. The summed E-state index contributed by atoms with van der Waals surface area (Å²) in [4.78, 5) is 18.7. The predicted octanol–water partition coefficient (Wildman–Crippen LogP) is 3.45. The highest BCUT2D eigenvalue weighted by Gasteiger charge is 2.52. The van der Waals surface area contributed by atoms with Gasteiger partial charge in [0.25, 0.3) is 0 Å². The third-order valence-electron chi connectivity index (χ3n) is 14.0. The maximum absolute atomic E-state index is 14.7. The lowest BCUT2D eigenvalue weighted by Gasteiger charge is -2.49. The standard InChI is InChI=1S/C47H79N5O13/c1-27-20-47(8,59-14)43(65-45-40(54)37(50(9)10)19-29(3)61-45)30(4)41(64-38-21-46(7,58-13)42(55)32(6)62-38)31(5)44(56)63-36(24-51(11)22-28(2)39(27)53)26-60-25-33-23-52(49-48-33)34-15-17-35(57-12)18-16-34/h15-18,23,27-32,36-43,45,53-55H,19-22,24-26H2,1-14H3/t27-,28-,29-,30+,31-,32+,36+,37+,38+,39+,40-,41+,42+,43-,45+,46-,47-/m1/s1. The molecule has 17 atom stereocenters. The van der Waals surface area contributed by atoms with Gasteiger partial charge in [-0.15, -0.1) is 5.10 Å². The van der Waals surface area contributed by atoms with E-state index < -0.39 is 84.3 Å². The van der Waals surface area contributed by atoms with Gasteiger partial charge in [0, 0.05) is 45.7 Å². The fourth-order valence-electron chi connectivity index (χ4n) is 9.97. The van der Waals surface area contributed by atoms with Gasteiger partial charge in [-0.25, -0.2) is 4.68 Å². The number of hydrogen-bond donors (Lipinski definition) is 3. The Morgan fingerprint density at radius 3 is 2.18 bits per heavy atom. The van der Waals surface area contributed by atoms with Crippen LogP contribution >= 0.6 is 0 Å². The van der Waals surface area contributed by atoms with Gasteiger partial charge < -0.3 is 67.8 Å². The first kappa shape index (κ1) is 53.1. The van der Waals surface area contributed by atoms with Gasteiger partial charge in [0.15, 0.2) is 12.6 Å². The second-order valence-corrected chi connectivity index (χ2v) is 19.6. The van der Waals surface area contributed by atoms with Crippen molar-refractivity contribution in [3.8, 4) is 11.4 Å². The molecule has 18 nitrogen and oxygen atoms in total. The van der Waals surface area contributed by atoms with Crippen molar-refractivity contribution < 1.29 is 62.7 Å². The average molecular weight is 922 g/mol. The van der Waals surface area contributed by atoms with Crippen molar-refractivity contribution in [3.63, 3.8) is 0 Å². The van der Waals surface area contributed by atoms with Gasteiger partial charge in [0.1, 0.15) is 29.8 Å². The molecular weight excluding hydrogens is 843 g/mol. The number of aromatic nitrogens is 3. The smallest absolute Gasteiger partial charge is 0.311 e. The van der Waals surface area contributed by atoms with E-state index >= 15 is 0 Å². The SMILES string of the molecule is COc1ccc(-n2cc(COC[C@@H]3CN(C)C[C@@H](C)[C@@H](O)[C@H](C)C[C@@](C)(OC)[C@H](O[C@@H]4O[C@H](C)C[C@H](N(C)C)[C@H]4O)[C@@H](C)[C@H](O[C@H]4C[C@@](C)(OC)[C@@H](O)[C@H](C)O4)[C@@H](C)C(=O)O3)nn2)cc1. The Bertz CT molecular complexity index is 1770. The average Bonchev–Trinajstić information content (AvgIpc) is 3.74. The molecule has 0 amide bonds. The Balaban J connectivity index is 1.50. The molecule has 0 saturated carbocycles. The number of hydrogen-bond acceptors (Lipinski definition) is 17. The van der Waals surface area contributed by atoms with E-state index in [9.17, 15) is 20.1 Å². The summed E-state index contributed by atoms with van der Waals surface area (Å²) in [6.07, 6.45) is -5.30. The van der Waals surface area contributed by atoms with E-state index in [0.29, 0.717) is 31.6 Å². The zero-order valence-corrected chi connectivity index (χ0v) is 41.2. The van der Waals surface area contributed by atoms with Crippen LogP contribution in [0.2, 0.25) is 0 Å². The molecular formula is C47H79N5O13. The zero-order valence-electron chi connectivity index (χ0n) is 41.2. The number of cyclic esters (lactones) is 1. The molecule has 3 aliphatic heterocycles. The summed E-state index contributed by atoms with van der Waals surface area (Å²) in [6, 6.07) is 7.18. The maximum Gasteiger partial charge on any atom is 0.311 e. The zero-order chi connectivity index (χ0) is 48.0. The van der Waals surface area contributed by atoms with Crippen molar-refractivity contribution in [2.24, 2.45) is 23.7 Å². The molecule has 0 unspecified atom stereocenters. The Morgan fingerprint density at radius 2 is 1.55 bits per heavy atom. The van der Waals surface area contributed by atoms with Crippen molar-refractivity contribution in [3.05, 3.63) is 36.2 Å². The van der Waals surface area contributed by atoms with Gasteiger partial charge in [0.05, 0.1) is 79.8 Å². The molecule has 5 rings (SSSR count). The molecule has 2 aromatic rings. The van der Waals surface area contributed by atoms with Gasteiger partial charge in [-0.05, 0) is 105 Å². The van der Waals surface area contributed by atoms with Gasteiger partial charge in [-0.3, -0.25) is 4.79 Å². The lowest BCUT2D eigenvalue weighted by Crippen LogP contribution is -2.61. The first-order valence-electron chi connectivity index (χ1n) is 23.1. The second kappa shape index (κ2) is 23.0. The Hall–Kier alpha value is -2.85. The molecule has 4 heterocycles. The molecule has 0 aliphatic carbocycles. The number of carbonyl (C=O) groups excluding carboxylic acids is 1. The molecule has 0 bridgehead atoms. The fraction of sp³-hybridized carbons (Fsp3) is 0.809. The van der Waals surface area contributed by atoms with E-state index in [1.807, 2.05) is 89.8 Å². The molecule has 1 aromatic carbocycles. The van der Waals surface area contributed by atoms with Crippen LogP contribution in [0, 0.1) is 23.7 Å². The highest BCUT2D eigenvalue weighted by Crippen LogP contribution is 2.41. The summed E-state index contributed by atoms with van der Waals surface area (Å²) in [5, 5.41) is 43.4. The molecule has 65 heavy (non-hydrogen) atoms. The lowest BCUT2D eigenvalue weighted by molar-refractivity contribution is -0.319. The third kappa shape index (κ3) is 13.0. The molecule has 3 N–H and O–H groups in total. The van der Waals surface area contributed by atoms with Gasteiger partial charge >= 0.3 is 5.97 Å². The number of rotatable bonds is 13. The van der Waals surface area contributed by atoms with Gasteiger partial charge in [0.2, 0.25) is 0 Å². The first-order chi connectivity index (χ1) is 30.6. The van der Waals surface area contributed by atoms with Gasteiger partial charge in [-0.2, -0.15) is 0 Å². The Kier molecular flexibility index (Phi) is 18.8. The Morgan fingerprint density at radius 1 is 0.877 bits per heavy atom. The lowest BCUT2D eigenvalue weighted by atomic mass is 9.75. The van der Waals surface area contributed by atoms with Crippen LogP contribution in [-0.2, 0) is 49.3 Å². The van der Waals surface area contributed by atoms with Crippen LogP contribution in [-0.4, -0.2) is 187 Å². The number of ether oxygens (including phenoxy) is 9. The first-order valence-corrected chi connectivity index (χ1v) is 23.1. The minimum absolute atomic E-state index is 0.0373. The van der Waals surface area contributed by atoms with E-state index in [-0.39, 0.29) is 43.6 Å². The monoisotopic (exact) mass is 922 g/mol. The van der Waals surface area contributed by atoms with Gasteiger partial charge in [-0.1, -0.05) is 26.0 Å². The molecule has 18 heteroatoms. The number of benzene rings is 1. The fourth-order valence-corrected chi connectivity index (χ4v) is 9.97. The third-order valence-corrected chi connectivity index (χ3v) is 14.0. The number of methoxy groups -OCH3 is 3. The minimum Gasteiger partial charge on any atom is -0.497 e. The van der Waals surface area contributed by atoms with E-state index in [4.69, 9.17) is 42.6 Å². The number of likely N-dealkylation sites (N-methyl/N-ethyl adjacent to an activating group) is 2. The van der Waals surface area contributed by atoms with Crippen LogP contribution in [0.1, 0.15) is 80.3 Å². The van der Waals surface area contributed by atoms with E-state index in [1.54, 1.807) is 45.9 Å². The summed E-state index contributed by atoms with van der Waals surface area (Å²) in [5.74, 6) is -1.89. The molecule has 0 spiro atoms. The quantitative estimate of drug-likeness (QED) is 0.247. The van der Waals surface area contributed by atoms with E-state index in [1.165, 1.54) is 7.11 Å². The van der Waals surface area contributed by atoms with Crippen molar-refractivity contribution in [1.29, 1.82) is 0 Å². The highest BCUT2D eigenvalue weighted by molar-refractivity contribution is 5.73. The summed E-state index contributed by atoms with van der Waals surface area (Å²) < 4.78 is 58.3. The van der Waals surface area contributed by atoms with Crippen LogP contribution in [0.15, 0.2) is 30.5 Å². The molecule has 0 radical (unpaired) electrons. The maximum atomic E-state index is 14.7. The van der Waals surface area contributed by atoms with Crippen molar-refractivity contribution >= 4 is 5.97 Å². The number of carbonyl (C=O) groups is 1. The van der Waals surface area contributed by atoms with Crippen LogP contribution in [0.5, 0.6) is 5.75 Å². The number of esters is 1. The molecule has 3 saturated heterocycles. The van der Waals surface area contributed by atoms with Crippen LogP contribution in [0.25, 0.3) is 5.69 Å². The minimum atomic E-state index is -1.11. The summed E-state index contributed by atoms with van der Waals surface area (Å²) >= 11 is 0. The number of aliphatic hydroxyl groups excluding tert-OH is 3. The summed E-state index contributed by atoms with van der Waals surface area (Å²) in [7, 11) is 10.5. The van der Waals surface area contributed by atoms with Crippen LogP contribution in [0.3, 0.4) is 0 Å². The van der Waals surface area contributed by atoms with Crippen LogP contribution in [0.4, 0.5) is 0 Å². The molecule has 3 fully saturated rings. The molecule has 370 valence electrons. The van der Waals surface area contributed by atoms with Crippen LogP contribution < -0.4 is 4.74 Å². The number of nitrogens with zero attached hydrogens (tertiary/aromatic N) is 5. The van der Waals surface area contributed by atoms with E-state index in [0.717, 1.165) is 11.4 Å². The number of aliphatic hydroxyl groups is 3. The largest absolute Gasteiger partial charge is 0.497 e. The molecule has 1 aromatic heterocycles. The highest BCUT2D eigenvalue weighted by atomic mass is 16.7. The molecule has 3 aliphatic rings. The topological polar surface area (TPSA) is 198 Å². The Labute approximate surface area is 386 Å². The second-order valence-electron chi connectivity index (χ2n) is 19.6. The van der Waals surface area contributed by atoms with Crippen molar-refractivity contribution in [2.45, 2.75) is 160 Å². The normalized spacial score (nSPS) is 39.7. The summed E-state index contributed by atoms with van der Waals surface area (Å²) in [6.45, 7) is 16.0. The summed E-state index contributed by atoms with van der Waals surface area (Å²) in [5.41, 5.74) is -0.743. The van der Waals surface area contributed by atoms with Crippen molar-refractivity contribution in [2.75, 3.05) is 62.2 Å². The van der Waals surface area contributed by atoms with Crippen molar-refractivity contribution in [1.82, 2.24) is 24.8 Å².